The number of benzene rings is 4. The highest BCUT2D eigenvalue weighted by atomic mass is 35.5. The van der Waals surface area contributed by atoms with E-state index in [0.29, 0.717) is 29.0 Å². The van der Waals surface area contributed by atoms with Gasteiger partial charge in [0, 0.05) is 33.1 Å². The fourth-order valence-electron chi connectivity index (χ4n) is 5.34. The molecule has 5 aromatic rings. The molecule has 3 amide bonds. The molecule has 5 N–H and O–H groups in total. The Balaban J connectivity index is 1.07. The number of rotatable bonds is 14. The average molecular weight is 815 g/mol. The lowest BCUT2D eigenvalue weighted by Crippen LogP contribution is -2.40. The maximum Gasteiger partial charge on any atom is 0.422 e. The van der Waals surface area contributed by atoms with Gasteiger partial charge in [0.25, 0.3) is 5.91 Å². The number of carboxylic acid groups (broad SMARTS) is 1. The Morgan fingerprint density at radius 1 is 0.759 bits per heavy atom. The zero-order chi connectivity index (χ0) is 41.5. The summed E-state index contributed by atoms with van der Waals surface area (Å²) in [5, 5.41) is 20.6. The van der Waals surface area contributed by atoms with Gasteiger partial charge in [-0.15, -0.1) is 0 Å². The number of nitrogens with zero attached hydrogens (tertiary/aromatic N) is 4. The zero-order valence-electron chi connectivity index (χ0n) is 29.8. The van der Waals surface area contributed by atoms with E-state index in [1.165, 1.54) is 48.5 Å². The summed E-state index contributed by atoms with van der Waals surface area (Å²) in [4.78, 5) is 78.1. The molecule has 0 spiro atoms. The van der Waals surface area contributed by atoms with E-state index in [1.54, 1.807) is 42.5 Å². The van der Waals surface area contributed by atoms with E-state index in [0.717, 1.165) is 5.56 Å². The second kappa shape index (κ2) is 17.3. The van der Waals surface area contributed by atoms with E-state index in [-0.39, 0.29) is 34.6 Å². The molecule has 0 bridgehead atoms. The Morgan fingerprint density at radius 3 is 1.98 bits per heavy atom. The SMILES string of the molecule is O=C(NC/C(=N/C(=O)c1ccc(Nc2nc(NC3(c4ccc(Cl)cc4)CC3)nc(OCC(F)(F)F)n2)cc1)C(=O)O)C(=O)Nc1ccc(C(=O)c2ccccc2)cc1. The van der Waals surface area contributed by atoms with Gasteiger partial charge in [-0.2, -0.15) is 28.1 Å². The number of nitrogens with one attached hydrogen (secondary N) is 4. The van der Waals surface area contributed by atoms with Gasteiger partial charge in [0.2, 0.25) is 11.9 Å². The molecule has 1 saturated carbocycles. The number of hydrogen-bond donors (Lipinski definition) is 5. The highest BCUT2D eigenvalue weighted by Gasteiger charge is 2.45. The highest BCUT2D eigenvalue weighted by molar-refractivity contribution is 6.42. The van der Waals surface area contributed by atoms with E-state index < -0.39 is 60.3 Å². The van der Waals surface area contributed by atoms with Gasteiger partial charge < -0.3 is 31.1 Å². The molecule has 19 heteroatoms. The molecular formula is C39H30ClF3N8O7. The number of carboxylic acids is 1. The molecular weight excluding hydrogens is 785 g/mol. The monoisotopic (exact) mass is 814 g/mol. The lowest BCUT2D eigenvalue weighted by molar-refractivity contribution is -0.154. The van der Waals surface area contributed by atoms with Crippen LogP contribution < -0.4 is 26.0 Å². The molecule has 0 atom stereocenters. The zero-order valence-corrected chi connectivity index (χ0v) is 30.6. The van der Waals surface area contributed by atoms with Crippen molar-refractivity contribution >= 4 is 70.1 Å². The van der Waals surface area contributed by atoms with Crippen LogP contribution in [0.2, 0.25) is 5.02 Å². The normalized spacial score (nSPS) is 13.1. The van der Waals surface area contributed by atoms with Crippen molar-refractivity contribution in [1.82, 2.24) is 20.3 Å². The summed E-state index contributed by atoms with van der Waals surface area (Å²) in [6, 6.07) is 26.0. The van der Waals surface area contributed by atoms with Crippen LogP contribution >= 0.6 is 11.6 Å². The summed E-state index contributed by atoms with van der Waals surface area (Å²) >= 11 is 6.02. The number of hydrogen-bond acceptors (Lipinski definition) is 11. The topological polar surface area (TPSA) is 214 Å². The minimum absolute atomic E-state index is 0.0695. The van der Waals surface area contributed by atoms with E-state index >= 15 is 0 Å². The quantitative estimate of drug-likeness (QED) is 0.0499. The van der Waals surface area contributed by atoms with E-state index in [1.807, 2.05) is 12.1 Å². The number of amides is 3. The fourth-order valence-corrected chi connectivity index (χ4v) is 5.47. The van der Waals surface area contributed by atoms with Gasteiger partial charge in [0.05, 0.1) is 12.1 Å². The van der Waals surface area contributed by atoms with E-state index in [9.17, 15) is 42.3 Å². The Hall–Kier alpha value is -7.21. The fraction of sp³-hybridized carbons (Fsp3) is 0.154. The summed E-state index contributed by atoms with van der Waals surface area (Å²) in [6.45, 7) is -2.44. The maximum absolute atomic E-state index is 13.0. The van der Waals surface area contributed by atoms with Crippen molar-refractivity contribution < 1.29 is 47.0 Å². The molecule has 4 aromatic carbocycles. The third kappa shape index (κ3) is 10.8. The van der Waals surface area contributed by atoms with Crippen LogP contribution in [0.1, 0.15) is 44.7 Å². The van der Waals surface area contributed by atoms with Gasteiger partial charge in [0.15, 0.2) is 12.4 Å². The number of alkyl halides is 3. The molecule has 1 aromatic heterocycles. The number of carbonyl (C=O) groups excluding carboxylic acids is 4. The van der Waals surface area contributed by atoms with Crippen molar-refractivity contribution in [3.8, 4) is 6.01 Å². The van der Waals surface area contributed by atoms with Crippen molar-refractivity contribution in [3.05, 3.63) is 130 Å². The van der Waals surface area contributed by atoms with Crippen LogP contribution in [0.3, 0.4) is 0 Å². The van der Waals surface area contributed by atoms with Gasteiger partial charge in [-0.1, -0.05) is 54.1 Å². The van der Waals surface area contributed by atoms with Crippen LogP contribution in [0.25, 0.3) is 0 Å². The van der Waals surface area contributed by atoms with Gasteiger partial charge in [-0.25, -0.2) is 9.79 Å². The summed E-state index contributed by atoms with van der Waals surface area (Å²) in [5.74, 6) is -5.51. The molecule has 1 heterocycles. The van der Waals surface area contributed by atoms with Crippen molar-refractivity contribution in [2.24, 2.45) is 4.99 Å². The number of halogens is 4. The van der Waals surface area contributed by atoms with E-state index in [4.69, 9.17) is 16.3 Å². The van der Waals surface area contributed by atoms with Crippen molar-refractivity contribution in [2.75, 3.05) is 29.1 Å². The lowest BCUT2D eigenvalue weighted by atomic mass is 10.0. The third-order valence-corrected chi connectivity index (χ3v) is 8.66. The first-order valence-electron chi connectivity index (χ1n) is 17.2. The van der Waals surface area contributed by atoms with Gasteiger partial charge in [-0.3, -0.25) is 19.2 Å². The summed E-state index contributed by atoms with van der Waals surface area (Å²) in [6.07, 6.45) is -3.30. The van der Waals surface area contributed by atoms with Gasteiger partial charge >= 0.3 is 30.0 Å². The van der Waals surface area contributed by atoms with Crippen molar-refractivity contribution in [1.29, 1.82) is 0 Å². The van der Waals surface area contributed by atoms with Crippen LogP contribution in [0.5, 0.6) is 6.01 Å². The molecule has 58 heavy (non-hydrogen) atoms. The number of ketones is 1. The van der Waals surface area contributed by atoms with Crippen LogP contribution in [0, 0.1) is 0 Å². The first-order valence-corrected chi connectivity index (χ1v) is 17.6. The molecule has 296 valence electrons. The predicted molar refractivity (Wildman–Crippen MR) is 204 cm³/mol. The molecule has 0 aliphatic heterocycles. The molecule has 0 unspecified atom stereocenters. The lowest BCUT2D eigenvalue weighted by Gasteiger charge is -2.19. The molecule has 0 saturated heterocycles. The number of anilines is 4. The van der Waals surface area contributed by atoms with Gasteiger partial charge in [0.1, 0.15) is 5.71 Å². The number of ether oxygens (including phenoxy) is 1. The minimum Gasteiger partial charge on any atom is -0.477 e. The number of aromatic nitrogens is 3. The Kier molecular flexibility index (Phi) is 12.1. The van der Waals surface area contributed by atoms with Crippen molar-refractivity contribution in [3.63, 3.8) is 0 Å². The molecule has 15 nitrogen and oxygen atoms in total. The molecule has 0 radical (unpaired) electrons. The third-order valence-electron chi connectivity index (χ3n) is 8.41. The smallest absolute Gasteiger partial charge is 0.422 e. The first kappa shape index (κ1) is 40.5. The average Bonchev–Trinajstić information content (AvgIpc) is 3.99. The number of carbonyl (C=O) groups is 5. The standard InChI is InChI=1S/C39H30ClF3N8O7/c40-26-12-10-25(11-13-26)38(18-19-38)51-36-48-35(49-37(50-36)58-21-39(41,42)43)46-28-16-8-24(9-17-28)31(53)47-29(34(56)57)20-44-32(54)33(55)45-27-14-6-23(7-15-27)30(52)22-4-2-1-3-5-22/h1-17H,18-21H2,(H,44,54)(H,45,55)(H,56,57)(H2,46,48,49,50,51)/b47-29-. The summed E-state index contributed by atoms with van der Waals surface area (Å²) in [7, 11) is 0. The second-order valence-corrected chi connectivity index (χ2v) is 13.1. The highest BCUT2D eigenvalue weighted by Crippen LogP contribution is 2.48. The van der Waals surface area contributed by atoms with Gasteiger partial charge in [-0.05, 0) is 79.1 Å². The van der Waals surface area contributed by atoms with E-state index in [2.05, 4.69) is 41.2 Å². The first-order chi connectivity index (χ1) is 27.7. The number of aliphatic carboxylic acids is 1. The van der Waals surface area contributed by atoms with Crippen LogP contribution in [0.4, 0.5) is 36.4 Å². The minimum atomic E-state index is -4.67. The van der Waals surface area contributed by atoms with Crippen LogP contribution in [0.15, 0.2) is 108 Å². The predicted octanol–water partition coefficient (Wildman–Crippen LogP) is 5.96. The summed E-state index contributed by atoms with van der Waals surface area (Å²) < 4.78 is 43.7. The number of aliphatic imine (C=N–C) groups is 1. The Morgan fingerprint density at radius 2 is 1.36 bits per heavy atom. The Labute approximate surface area is 331 Å². The largest absolute Gasteiger partial charge is 0.477 e. The molecule has 1 fully saturated rings. The Bertz CT molecular complexity index is 2380. The summed E-state index contributed by atoms with van der Waals surface area (Å²) in [5.41, 5.74) is 0.701. The molecule has 1 aliphatic rings. The van der Waals surface area contributed by atoms with Crippen LogP contribution in [-0.4, -0.2) is 74.6 Å². The van der Waals surface area contributed by atoms with Crippen LogP contribution in [-0.2, 0) is 19.9 Å². The van der Waals surface area contributed by atoms with Crippen molar-refractivity contribution in [2.45, 2.75) is 24.6 Å². The molecule has 1 aliphatic carbocycles. The maximum atomic E-state index is 13.0. The second-order valence-electron chi connectivity index (χ2n) is 12.7. The molecule has 6 rings (SSSR count).